The van der Waals surface area contributed by atoms with Gasteiger partial charge in [0, 0.05) is 19.1 Å². The summed E-state index contributed by atoms with van der Waals surface area (Å²) in [6.45, 7) is 6.47. The molecule has 20 heavy (non-hydrogen) atoms. The van der Waals surface area contributed by atoms with Gasteiger partial charge in [0.2, 0.25) is 10.0 Å². The minimum absolute atomic E-state index is 0.0692. The summed E-state index contributed by atoms with van der Waals surface area (Å²) in [6, 6.07) is 1.84. The molecule has 0 radical (unpaired) electrons. The Balaban J connectivity index is 2.42. The lowest BCUT2D eigenvalue weighted by Crippen LogP contribution is -2.38. The van der Waals surface area contributed by atoms with Crippen molar-refractivity contribution in [3.63, 3.8) is 0 Å². The molecule has 0 spiro atoms. The topological polar surface area (TPSA) is 66.5 Å². The van der Waals surface area contributed by atoms with E-state index in [-0.39, 0.29) is 11.9 Å². The van der Waals surface area contributed by atoms with Gasteiger partial charge in [-0.1, -0.05) is 0 Å². The van der Waals surface area contributed by atoms with Gasteiger partial charge in [-0.2, -0.15) is 4.31 Å². The molecule has 114 valence electrons. The van der Waals surface area contributed by atoms with Crippen LogP contribution in [-0.2, 0) is 10.0 Å². The Morgan fingerprint density at radius 2 is 2.10 bits per heavy atom. The van der Waals surface area contributed by atoms with Gasteiger partial charge in [-0.05, 0) is 44.2 Å². The number of carbonyl (C=O) groups is 1. The van der Waals surface area contributed by atoms with Crippen molar-refractivity contribution < 1.29 is 13.2 Å². The van der Waals surface area contributed by atoms with Crippen molar-refractivity contribution in [2.24, 2.45) is 0 Å². The Kier molecular flexibility index (Phi) is 6.16. The van der Waals surface area contributed by atoms with E-state index in [2.05, 4.69) is 5.32 Å². The van der Waals surface area contributed by atoms with Crippen LogP contribution >= 0.6 is 11.3 Å². The maximum absolute atomic E-state index is 11.9. The zero-order chi connectivity index (χ0) is 15.3. The summed E-state index contributed by atoms with van der Waals surface area (Å²) in [4.78, 5) is 12.6. The van der Waals surface area contributed by atoms with E-state index >= 15 is 0 Å². The van der Waals surface area contributed by atoms with Crippen LogP contribution in [0.2, 0.25) is 0 Å². The van der Waals surface area contributed by atoms with Gasteiger partial charge in [-0.15, -0.1) is 11.3 Å². The average Bonchev–Trinajstić information content (AvgIpc) is 2.72. The number of hydrogen-bond donors (Lipinski definition) is 1. The van der Waals surface area contributed by atoms with Gasteiger partial charge >= 0.3 is 0 Å². The molecule has 0 saturated carbocycles. The number of nitrogens with one attached hydrogen (secondary N) is 1. The molecule has 1 rings (SSSR count). The third kappa shape index (κ3) is 4.88. The number of rotatable bonds is 7. The average molecular weight is 318 g/mol. The van der Waals surface area contributed by atoms with E-state index in [0.717, 1.165) is 5.56 Å². The van der Waals surface area contributed by atoms with Crippen LogP contribution in [0.1, 0.15) is 35.5 Å². The van der Waals surface area contributed by atoms with Crippen LogP contribution in [0.4, 0.5) is 0 Å². The van der Waals surface area contributed by atoms with Crippen molar-refractivity contribution in [1.29, 1.82) is 0 Å². The molecular formula is C13H22N2O3S2. The molecule has 0 bridgehead atoms. The fraction of sp³-hybridized carbons (Fsp3) is 0.615. The first-order valence-electron chi connectivity index (χ1n) is 6.52. The lowest BCUT2D eigenvalue weighted by molar-refractivity contribution is 0.0956. The third-order valence-electron chi connectivity index (χ3n) is 2.91. The molecule has 1 amide bonds. The maximum atomic E-state index is 11.9. The third-order valence-corrected chi connectivity index (χ3v) is 5.38. The van der Waals surface area contributed by atoms with Crippen molar-refractivity contribution in [3.05, 3.63) is 21.9 Å². The molecule has 0 aliphatic carbocycles. The van der Waals surface area contributed by atoms with Crippen LogP contribution < -0.4 is 5.32 Å². The second-order valence-corrected chi connectivity index (χ2v) is 7.86. The van der Waals surface area contributed by atoms with Crippen LogP contribution in [0.25, 0.3) is 0 Å². The highest BCUT2D eigenvalue weighted by atomic mass is 32.2. The summed E-state index contributed by atoms with van der Waals surface area (Å²) in [7, 11) is -3.19. The van der Waals surface area contributed by atoms with E-state index < -0.39 is 10.0 Å². The van der Waals surface area contributed by atoms with Crippen LogP contribution in [-0.4, -0.2) is 44.0 Å². The van der Waals surface area contributed by atoms with Crippen LogP contribution in [0.3, 0.4) is 0 Å². The van der Waals surface area contributed by atoms with Crippen molar-refractivity contribution in [1.82, 2.24) is 9.62 Å². The molecule has 1 aromatic rings. The normalized spacial score (nSPS) is 12.1. The molecule has 0 aromatic carbocycles. The first kappa shape index (κ1) is 17.1. The SMILES string of the molecule is Cc1ccsc1C(=O)NCCCN(C(C)C)S(C)(=O)=O. The zero-order valence-electron chi connectivity index (χ0n) is 12.3. The molecule has 0 fully saturated rings. The van der Waals surface area contributed by atoms with Gasteiger partial charge in [0.1, 0.15) is 0 Å². The van der Waals surface area contributed by atoms with Gasteiger partial charge in [0.25, 0.3) is 5.91 Å². The molecule has 0 aliphatic rings. The molecule has 1 aromatic heterocycles. The van der Waals surface area contributed by atoms with Crippen molar-refractivity contribution in [2.75, 3.05) is 19.3 Å². The van der Waals surface area contributed by atoms with E-state index in [1.807, 2.05) is 32.2 Å². The minimum atomic E-state index is -3.19. The fourth-order valence-corrected chi connectivity index (χ4v) is 4.00. The van der Waals surface area contributed by atoms with Gasteiger partial charge in [-0.25, -0.2) is 8.42 Å². The fourth-order valence-electron chi connectivity index (χ4n) is 1.93. The second-order valence-electron chi connectivity index (χ2n) is 5.01. The summed E-state index contributed by atoms with van der Waals surface area (Å²) >= 11 is 1.41. The molecule has 0 unspecified atom stereocenters. The van der Waals surface area contributed by atoms with E-state index in [1.54, 1.807) is 0 Å². The Morgan fingerprint density at radius 3 is 2.55 bits per heavy atom. The molecule has 0 atom stereocenters. The van der Waals surface area contributed by atoms with E-state index in [0.29, 0.717) is 24.4 Å². The molecule has 1 heterocycles. The Labute approximate surface area is 125 Å². The monoisotopic (exact) mass is 318 g/mol. The molecule has 7 heteroatoms. The first-order valence-corrected chi connectivity index (χ1v) is 9.25. The largest absolute Gasteiger partial charge is 0.351 e. The quantitative estimate of drug-likeness (QED) is 0.780. The Morgan fingerprint density at radius 1 is 1.45 bits per heavy atom. The second kappa shape index (κ2) is 7.19. The van der Waals surface area contributed by atoms with Crippen molar-refractivity contribution >= 4 is 27.3 Å². The van der Waals surface area contributed by atoms with Crippen LogP contribution in [0.15, 0.2) is 11.4 Å². The van der Waals surface area contributed by atoms with Crippen LogP contribution in [0.5, 0.6) is 0 Å². The van der Waals surface area contributed by atoms with Crippen molar-refractivity contribution in [2.45, 2.75) is 33.2 Å². The van der Waals surface area contributed by atoms with Gasteiger partial charge in [0.15, 0.2) is 0 Å². The summed E-state index contributed by atoms with van der Waals surface area (Å²) in [5, 5.41) is 4.70. The summed E-state index contributed by atoms with van der Waals surface area (Å²) in [5.74, 6) is -0.0899. The molecule has 0 aliphatic heterocycles. The lowest BCUT2D eigenvalue weighted by Gasteiger charge is -2.23. The number of carbonyl (C=O) groups excluding carboxylic acids is 1. The van der Waals surface area contributed by atoms with E-state index in [9.17, 15) is 13.2 Å². The van der Waals surface area contributed by atoms with Gasteiger partial charge in [0.05, 0.1) is 11.1 Å². The summed E-state index contributed by atoms with van der Waals surface area (Å²) in [6.07, 6.45) is 1.81. The zero-order valence-corrected chi connectivity index (χ0v) is 14.0. The molecule has 5 nitrogen and oxygen atoms in total. The highest BCUT2D eigenvalue weighted by Crippen LogP contribution is 2.15. The minimum Gasteiger partial charge on any atom is -0.351 e. The Hall–Kier alpha value is -0.920. The first-order chi connectivity index (χ1) is 9.23. The van der Waals surface area contributed by atoms with Crippen molar-refractivity contribution in [3.8, 4) is 0 Å². The van der Waals surface area contributed by atoms with Gasteiger partial charge in [-0.3, -0.25) is 4.79 Å². The molecule has 0 saturated heterocycles. The number of thiophene rings is 1. The standard InChI is InChI=1S/C13H22N2O3S2/c1-10(2)15(20(4,17)18)8-5-7-14-13(16)12-11(3)6-9-19-12/h6,9-10H,5,7-8H2,1-4H3,(H,14,16). The predicted molar refractivity (Wildman–Crippen MR) is 82.7 cm³/mol. The van der Waals surface area contributed by atoms with Crippen LogP contribution in [0, 0.1) is 6.92 Å². The lowest BCUT2D eigenvalue weighted by atomic mass is 10.3. The van der Waals surface area contributed by atoms with E-state index in [1.165, 1.54) is 21.9 Å². The predicted octanol–water partition coefficient (Wildman–Crippen LogP) is 1.85. The highest BCUT2D eigenvalue weighted by molar-refractivity contribution is 7.88. The number of aryl methyl sites for hydroxylation is 1. The number of sulfonamides is 1. The highest BCUT2D eigenvalue weighted by Gasteiger charge is 2.19. The number of nitrogens with zero attached hydrogens (tertiary/aromatic N) is 1. The smallest absolute Gasteiger partial charge is 0.261 e. The number of hydrogen-bond acceptors (Lipinski definition) is 4. The maximum Gasteiger partial charge on any atom is 0.261 e. The van der Waals surface area contributed by atoms with Gasteiger partial charge < -0.3 is 5.32 Å². The number of amides is 1. The summed E-state index contributed by atoms with van der Waals surface area (Å²) in [5.41, 5.74) is 0.965. The molecule has 1 N–H and O–H groups in total. The summed E-state index contributed by atoms with van der Waals surface area (Å²) < 4.78 is 24.6. The Bertz CT molecular complexity index is 550. The van der Waals surface area contributed by atoms with E-state index in [4.69, 9.17) is 0 Å². The molecular weight excluding hydrogens is 296 g/mol.